The van der Waals surface area contributed by atoms with Crippen LogP contribution in [0.1, 0.15) is 92.8 Å². The van der Waals surface area contributed by atoms with Gasteiger partial charge in [-0.25, -0.2) is 9.59 Å². The second-order valence-electron chi connectivity index (χ2n) is 8.59. The number of rotatable bonds is 6. The summed E-state index contributed by atoms with van der Waals surface area (Å²) >= 11 is 0. The van der Waals surface area contributed by atoms with Gasteiger partial charge >= 0.3 is 11.9 Å². The Morgan fingerprint density at radius 2 is 0.906 bits per heavy atom. The molecule has 8 nitrogen and oxygen atoms in total. The highest BCUT2D eigenvalue weighted by Gasteiger charge is 2.28. The lowest BCUT2D eigenvalue weighted by molar-refractivity contribution is 0.0686. The van der Waals surface area contributed by atoms with Gasteiger partial charge < -0.3 is 20.8 Å². The summed E-state index contributed by atoms with van der Waals surface area (Å²) in [7, 11) is 0. The van der Waals surface area contributed by atoms with Crippen LogP contribution in [0.25, 0.3) is 10.8 Å². The maximum absolute atomic E-state index is 13.1. The molecule has 2 aliphatic carbocycles. The number of fused-ring (bicyclic) bond motifs is 1. The molecule has 0 heterocycles. The molecule has 0 atom stereocenters. The highest BCUT2D eigenvalue weighted by Crippen LogP contribution is 2.31. The van der Waals surface area contributed by atoms with E-state index in [0.29, 0.717) is 0 Å². The fraction of sp³-hybridized carbons (Fsp3) is 0.417. The first-order chi connectivity index (χ1) is 15.4. The lowest BCUT2D eigenvalue weighted by atomic mass is 9.90. The zero-order valence-corrected chi connectivity index (χ0v) is 17.6. The van der Waals surface area contributed by atoms with Crippen molar-refractivity contribution in [1.82, 2.24) is 10.6 Å². The first-order valence-electron chi connectivity index (χ1n) is 11.0. The summed E-state index contributed by atoms with van der Waals surface area (Å²) in [5.41, 5.74) is -0.302. The number of carboxylic acid groups (broad SMARTS) is 2. The molecule has 0 bridgehead atoms. The van der Waals surface area contributed by atoms with Crippen LogP contribution in [0, 0.1) is 0 Å². The van der Waals surface area contributed by atoms with Crippen LogP contribution in [0.3, 0.4) is 0 Å². The van der Waals surface area contributed by atoms with Crippen molar-refractivity contribution in [3.05, 3.63) is 46.5 Å². The molecular weight excluding hydrogens is 412 g/mol. The summed E-state index contributed by atoms with van der Waals surface area (Å²) < 4.78 is 0. The Morgan fingerprint density at radius 1 is 0.594 bits per heavy atom. The molecule has 0 saturated heterocycles. The van der Waals surface area contributed by atoms with Crippen LogP contribution in [0.15, 0.2) is 24.3 Å². The molecule has 0 unspecified atom stereocenters. The van der Waals surface area contributed by atoms with Gasteiger partial charge in [0.1, 0.15) is 0 Å². The van der Waals surface area contributed by atoms with Crippen molar-refractivity contribution in [2.45, 2.75) is 63.5 Å². The molecule has 2 aromatic carbocycles. The van der Waals surface area contributed by atoms with E-state index in [0.717, 1.165) is 51.4 Å². The number of aromatic carboxylic acids is 2. The second-order valence-corrected chi connectivity index (χ2v) is 8.59. The number of benzene rings is 2. The molecule has 0 aliphatic heterocycles. The van der Waals surface area contributed by atoms with Crippen LogP contribution in [0.2, 0.25) is 0 Å². The van der Waals surface area contributed by atoms with E-state index in [1.165, 1.54) is 24.3 Å². The number of hydrogen-bond acceptors (Lipinski definition) is 4. The van der Waals surface area contributed by atoms with Crippen LogP contribution >= 0.6 is 0 Å². The van der Waals surface area contributed by atoms with Crippen molar-refractivity contribution in [2.75, 3.05) is 0 Å². The van der Waals surface area contributed by atoms with Crippen LogP contribution in [-0.2, 0) is 0 Å². The summed E-state index contributed by atoms with van der Waals surface area (Å²) in [6.45, 7) is 0. The molecule has 0 spiro atoms. The lowest BCUT2D eigenvalue weighted by Crippen LogP contribution is -2.34. The number of carbonyl (C=O) groups excluding carboxylic acids is 2. The van der Waals surface area contributed by atoms with E-state index < -0.39 is 23.8 Å². The Bertz CT molecular complexity index is 1010. The van der Waals surface area contributed by atoms with E-state index >= 15 is 0 Å². The third-order valence-corrected chi connectivity index (χ3v) is 6.49. The quantitative estimate of drug-likeness (QED) is 0.545. The third-order valence-electron chi connectivity index (χ3n) is 6.49. The Labute approximate surface area is 185 Å². The molecule has 4 rings (SSSR count). The van der Waals surface area contributed by atoms with Crippen LogP contribution in [0.4, 0.5) is 0 Å². The standard InChI is InChI=1S/C24H26N2O6/c27-21(25-13-5-1-2-6-13)15-9-11-18(24(31)32)20-16(10-12-17(19(15)20)23(29)30)22(28)26-14-7-3-4-8-14/h9-14H,1-8H2,(H,25,27)(H,26,28)(H,29,30)(H,31,32). The molecule has 8 heteroatoms. The van der Waals surface area contributed by atoms with Crippen molar-refractivity contribution >= 4 is 34.5 Å². The molecule has 2 amide bonds. The Hall–Kier alpha value is -3.42. The SMILES string of the molecule is O=C(O)c1ccc(C(=O)NC2CCCC2)c2c(C(=O)O)ccc(C(=O)NC3CCCC3)c12. The Morgan fingerprint density at radius 3 is 1.22 bits per heavy atom. The van der Waals surface area contributed by atoms with Crippen molar-refractivity contribution in [2.24, 2.45) is 0 Å². The highest BCUT2D eigenvalue weighted by atomic mass is 16.4. The van der Waals surface area contributed by atoms with E-state index in [4.69, 9.17) is 0 Å². The van der Waals surface area contributed by atoms with Gasteiger partial charge in [0.2, 0.25) is 0 Å². The highest BCUT2D eigenvalue weighted by molar-refractivity contribution is 6.23. The summed E-state index contributed by atoms with van der Waals surface area (Å²) in [6, 6.07) is 5.21. The molecule has 2 aromatic rings. The van der Waals surface area contributed by atoms with Gasteiger partial charge in [0.15, 0.2) is 0 Å². The van der Waals surface area contributed by atoms with Gasteiger partial charge in [-0.1, -0.05) is 25.7 Å². The average Bonchev–Trinajstić information content (AvgIpc) is 3.46. The monoisotopic (exact) mass is 438 g/mol. The zero-order valence-electron chi connectivity index (χ0n) is 17.6. The largest absolute Gasteiger partial charge is 0.478 e. The zero-order chi connectivity index (χ0) is 22.8. The maximum Gasteiger partial charge on any atom is 0.336 e. The molecule has 0 radical (unpaired) electrons. The van der Waals surface area contributed by atoms with E-state index in [1.807, 2.05) is 0 Å². The van der Waals surface area contributed by atoms with E-state index in [2.05, 4.69) is 10.6 Å². The summed E-state index contributed by atoms with van der Waals surface area (Å²) in [6.07, 6.45) is 7.42. The van der Waals surface area contributed by atoms with Crippen molar-refractivity contribution in [3.8, 4) is 0 Å². The van der Waals surface area contributed by atoms with Crippen LogP contribution < -0.4 is 10.6 Å². The van der Waals surface area contributed by atoms with Gasteiger partial charge in [-0.2, -0.15) is 0 Å². The third kappa shape index (κ3) is 4.17. The topological polar surface area (TPSA) is 133 Å². The predicted octanol–water partition coefficient (Wildman–Crippen LogP) is 3.58. The Kier molecular flexibility index (Phi) is 6.12. The minimum absolute atomic E-state index is 0.00109. The molecular formula is C24H26N2O6. The summed E-state index contributed by atoms with van der Waals surface area (Å²) in [5, 5.41) is 25.4. The smallest absolute Gasteiger partial charge is 0.336 e. The van der Waals surface area contributed by atoms with Gasteiger partial charge in [-0.3, -0.25) is 9.59 Å². The van der Waals surface area contributed by atoms with Crippen molar-refractivity contribution in [1.29, 1.82) is 0 Å². The minimum Gasteiger partial charge on any atom is -0.478 e. The van der Waals surface area contributed by atoms with Crippen molar-refractivity contribution in [3.63, 3.8) is 0 Å². The number of amides is 2. The fourth-order valence-corrected chi connectivity index (χ4v) is 4.90. The van der Waals surface area contributed by atoms with E-state index in [1.54, 1.807) is 0 Å². The molecule has 168 valence electrons. The first kappa shape index (κ1) is 21.8. The molecule has 0 aromatic heterocycles. The predicted molar refractivity (Wildman–Crippen MR) is 117 cm³/mol. The number of hydrogen-bond donors (Lipinski definition) is 4. The van der Waals surface area contributed by atoms with Gasteiger partial charge in [0.05, 0.1) is 11.1 Å². The average molecular weight is 438 g/mol. The number of nitrogens with one attached hydrogen (secondary N) is 2. The van der Waals surface area contributed by atoms with Gasteiger partial charge in [0.25, 0.3) is 11.8 Å². The maximum atomic E-state index is 13.1. The molecule has 4 N–H and O–H groups in total. The second kappa shape index (κ2) is 8.98. The fourth-order valence-electron chi connectivity index (χ4n) is 4.90. The molecule has 2 fully saturated rings. The van der Waals surface area contributed by atoms with E-state index in [9.17, 15) is 29.4 Å². The lowest BCUT2D eigenvalue weighted by Gasteiger charge is -2.18. The summed E-state index contributed by atoms with van der Waals surface area (Å²) in [5.74, 6) is -3.52. The molecule has 2 aliphatic rings. The summed E-state index contributed by atoms with van der Waals surface area (Å²) in [4.78, 5) is 50.1. The van der Waals surface area contributed by atoms with E-state index in [-0.39, 0.29) is 45.1 Å². The van der Waals surface area contributed by atoms with Gasteiger partial charge in [-0.05, 0) is 49.9 Å². The van der Waals surface area contributed by atoms with Gasteiger partial charge in [0, 0.05) is 34.0 Å². The number of carbonyl (C=O) groups is 4. The first-order valence-corrected chi connectivity index (χ1v) is 11.0. The van der Waals surface area contributed by atoms with Crippen LogP contribution in [-0.4, -0.2) is 46.0 Å². The van der Waals surface area contributed by atoms with Gasteiger partial charge in [-0.15, -0.1) is 0 Å². The normalized spacial score (nSPS) is 16.9. The van der Waals surface area contributed by atoms with Crippen LogP contribution in [0.5, 0.6) is 0 Å². The number of carboxylic acids is 2. The molecule has 32 heavy (non-hydrogen) atoms. The Balaban J connectivity index is 1.88. The minimum atomic E-state index is -1.30. The van der Waals surface area contributed by atoms with Crippen molar-refractivity contribution < 1.29 is 29.4 Å². The molecule has 2 saturated carbocycles.